The summed E-state index contributed by atoms with van der Waals surface area (Å²) >= 11 is 0. The maximum atomic E-state index is 5.77. The van der Waals surface area contributed by atoms with Gasteiger partial charge in [-0.2, -0.15) is 0 Å². The third-order valence-electron chi connectivity index (χ3n) is 5.21. The lowest BCUT2D eigenvalue weighted by Gasteiger charge is -2.44. The standard InChI is InChI=1S/C15H30N4O/c1-18(14-4-7-17-10-14)11-15-12-20-9-8-19(15)13-2-5-16-6-3-13/h13-17H,2-12H2,1H3. The van der Waals surface area contributed by atoms with E-state index in [0.717, 1.165) is 38.9 Å². The predicted octanol–water partition coefficient (Wildman–Crippen LogP) is -0.267. The molecule has 20 heavy (non-hydrogen) atoms. The molecule has 0 radical (unpaired) electrons. The number of hydrogen-bond acceptors (Lipinski definition) is 5. The van der Waals surface area contributed by atoms with Crippen molar-refractivity contribution in [1.29, 1.82) is 0 Å². The average molecular weight is 282 g/mol. The zero-order chi connectivity index (χ0) is 13.8. The van der Waals surface area contributed by atoms with E-state index in [1.165, 1.54) is 38.9 Å². The number of ether oxygens (including phenoxy) is 1. The van der Waals surface area contributed by atoms with Crippen molar-refractivity contribution in [2.45, 2.75) is 37.4 Å². The molecular weight excluding hydrogens is 252 g/mol. The lowest BCUT2D eigenvalue weighted by atomic mass is 10.0. The van der Waals surface area contributed by atoms with Crippen LogP contribution in [0, 0.1) is 0 Å². The Morgan fingerprint density at radius 3 is 2.70 bits per heavy atom. The minimum atomic E-state index is 0.581. The van der Waals surface area contributed by atoms with Gasteiger partial charge in [0, 0.05) is 37.8 Å². The van der Waals surface area contributed by atoms with Crippen LogP contribution in [-0.2, 0) is 4.74 Å². The Bertz CT molecular complexity index is 290. The Morgan fingerprint density at radius 1 is 1.15 bits per heavy atom. The van der Waals surface area contributed by atoms with E-state index in [4.69, 9.17) is 4.74 Å². The summed E-state index contributed by atoms with van der Waals surface area (Å²) < 4.78 is 5.77. The minimum absolute atomic E-state index is 0.581. The van der Waals surface area contributed by atoms with Gasteiger partial charge in [0.25, 0.3) is 0 Å². The van der Waals surface area contributed by atoms with Crippen LogP contribution < -0.4 is 10.6 Å². The van der Waals surface area contributed by atoms with Crippen molar-refractivity contribution in [3.8, 4) is 0 Å². The van der Waals surface area contributed by atoms with Gasteiger partial charge in [0.2, 0.25) is 0 Å². The van der Waals surface area contributed by atoms with Crippen molar-refractivity contribution in [2.75, 3.05) is 59.5 Å². The van der Waals surface area contributed by atoms with Crippen LogP contribution >= 0.6 is 0 Å². The molecule has 3 aliphatic rings. The third-order valence-corrected chi connectivity index (χ3v) is 5.21. The van der Waals surface area contributed by atoms with Gasteiger partial charge in [-0.25, -0.2) is 0 Å². The number of hydrogen-bond donors (Lipinski definition) is 2. The van der Waals surface area contributed by atoms with E-state index in [-0.39, 0.29) is 0 Å². The van der Waals surface area contributed by atoms with Crippen LogP contribution in [0.25, 0.3) is 0 Å². The van der Waals surface area contributed by atoms with Crippen molar-refractivity contribution < 1.29 is 4.74 Å². The second kappa shape index (κ2) is 7.18. The summed E-state index contributed by atoms with van der Waals surface area (Å²) in [7, 11) is 2.28. The van der Waals surface area contributed by atoms with Crippen LogP contribution in [0.15, 0.2) is 0 Å². The highest BCUT2D eigenvalue weighted by molar-refractivity contribution is 4.88. The molecule has 0 aromatic heterocycles. The SMILES string of the molecule is CN(CC1COCCN1C1CCNCC1)C1CCNC1. The first kappa shape index (κ1) is 14.7. The zero-order valence-corrected chi connectivity index (χ0v) is 12.8. The van der Waals surface area contributed by atoms with Crippen LogP contribution in [-0.4, -0.2) is 87.5 Å². The second-order valence-corrected chi connectivity index (χ2v) is 6.53. The van der Waals surface area contributed by atoms with E-state index in [1.54, 1.807) is 0 Å². The van der Waals surface area contributed by atoms with Crippen LogP contribution in [0.2, 0.25) is 0 Å². The molecule has 3 fully saturated rings. The number of nitrogens with zero attached hydrogens (tertiary/aromatic N) is 2. The molecule has 0 spiro atoms. The normalized spacial score (nSPS) is 33.9. The molecule has 2 N–H and O–H groups in total. The number of likely N-dealkylation sites (N-methyl/N-ethyl adjacent to an activating group) is 1. The molecule has 0 amide bonds. The lowest BCUT2D eigenvalue weighted by molar-refractivity contribution is -0.0458. The molecule has 5 nitrogen and oxygen atoms in total. The Hall–Kier alpha value is -0.200. The average Bonchev–Trinajstić information content (AvgIpc) is 3.03. The molecule has 2 unspecified atom stereocenters. The summed E-state index contributed by atoms with van der Waals surface area (Å²) in [5.74, 6) is 0. The first-order valence-electron chi connectivity index (χ1n) is 8.30. The molecule has 5 heteroatoms. The quantitative estimate of drug-likeness (QED) is 0.743. The summed E-state index contributed by atoms with van der Waals surface area (Å²) in [6.45, 7) is 8.77. The molecule has 0 aromatic rings. The molecule has 0 aliphatic carbocycles. The van der Waals surface area contributed by atoms with Gasteiger partial charge in [-0.3, -0.25) is 4.90 Å². The second-order valence-electron chi connectivity index (χ2n) is 6.53. The van der Waals surface area contributed by atoms with Gasteiger partial charge in [0.15, 0.2) is 0 Å². The Labute approximate surface area is 123 Å². The number of morpholine rings is 1. The van der Waals surface area contributed by atoms with E-state index in [9.17, 15) is 0 Å². The molecule has 3 rings (SSSR count). The van der Waals surface area contributed by atoms with Gasteiger partial charge in [0.05, 0.1) is 13.2 Å². The van der Waals surface area contributed by atoms with E-state index in [1.807, 2.05) is 0 Å². The van der Waals surface area contributed by atoms with Crippen LogP contribution in [0.1, 0.15) is 19.3 Å². The van der Waals surface area contributed by atoms with Gasteiger partial charge in [-0.05, 0) is 45.9 Å². The van der Waals surface area contributed by atoms with E-state index < -0.39 is 0 Å². The fourth-order valence-electron chi connectivity index (χ4n) is 3.94. The number of rotatable bonds is 4. The summed E-state index contributed by atoms with van der Waals surface area (Å²) in [5, 5.41) is 6.95. The molecule has 3 heterocycles. The summed E-state index contributed by atoms with van der Waals surface area (Å²) in [6.07, 6.45) is 3.88. The summed E-state index contributed by atoms with van der Waals surface area (Å²) in [4.78, 5) is 5.29. The van der Waals surface area contributed by atoms with Gasteiger partial charge in [-0.1, -0.05) is 0 Å². The highest BCUT2D eigenvalue weighted by atomic mass is 16.5. The summed E-state index contributed by atoms with van der Waals surface area (Å²) in [5.41, 5.74) is 0. The molecule has 3 saturated heterocycles. The van der Waals surface area contributed by atoms with Crippen molar-refractivity contribution in [3.05, 3.63) is 0 Å². The molecule has 3 aliphatic heterocycles. The maximum Gasteiger partial charge on any atom is 0.0635 e. The van der Waals surface area contributed by atoms with Gasteiger partial charge in [0.1, 0.15) is 0 Å². The maximum absolute atomic E-state index is 5.77. The largest absolute Gasteiger partial charge is 0.378 e. The minimum Gasteiger partial charge on any atom is -0.378 e. The van der Waals surface area contributed by atoms with Crippen molar-refractivity contribution in [2.24, 2.45) is 0 Å². The fraction of sp³-hybridized carbons (Fsp3) is 1.00. The molecular formula is C15H30N4O. The van der Waals surface area contributed by atoms with Crippen LogP contribution in [0.5, 0.6) is 0 Å². The monoisotopic (exact) mass is 282 g/mol. The van der Waals surface area contributed by atoms with E-state index in [2.05, 4.69) is 27.5 Å². The van der Waals surface area contributed by atoms with Crippen molar-refractivity contribution >= 4 is 0 Å². The zero-order valence-electron chi connectivity index (χ0n) is 12.8. The Kier molecular flexibility index (Phi) is 5.29. The number of piperidine rings is 1. The number of nitrogens with one attached hydrogen (secondary N) is 2. The van der Waals surface area contributed by atoms with Gasteiger partial charge < -0.3 is 20.3 Å². The third kappa shape index (κ3) is 3.52. The highest BCUT2D eigenvalue weighted by Gasteiger charge is 2.32. The van der Waals surface area contributed by atoms with Crippen LogP contribution in [0.3, 0.4) is 0 Å². The van der Waals surface area contributed by atoms with Crippen molar-refractivity contribution in [3.63, 3.8) is 0 Å². The summed E-state index contributed by atoms with van der Waals surface area (Å²) in [6, 6.07) is 2.06. The smallest absolute Gasteiger partial charge is 0.0635 e. The van der Waals surface area contributed by atoms with Crippen LogP contribution in [0.4, 0.5) is 0 Å². The predicted molar refractivity (Wildman–Crippen MR) is 81.1 cm³/mol. The molecule has 2 atom stereocenters. The lowest BCUT2D eigenvalue weighted by Crippen LogP contribution is -2.57. The Morgan fingerprint density at radius 2 is 1.95 bits per heavy atom. The highest BCUT2D eigenvalue weighted by Crippen LogP contribution is 2.19. The molecule has 0 saturated carbocycles. The molecule has 116 valence electrons. The first-order chi connectivity index (χ1) is 9.84. The molecule has 0 aromatic carbocycles. The Balaban J connectivity index is 1.56. The fourth-order valence-corrected chi connectivity index (χ4v) is 3.94. The topological polar surface area (TPSA) is 39.8 Å². The van der Waals surface area contributed by atoms with E-state index in [0.29, 0.717) is 12.1 Å². The van der Waals surface area contributed by atoms with Gasteiger partial charge >= 0.3 is 0 Å². The first-order valence-corrected chi connectivity index (χ1v) is 8.30. The van der Waals surface area contributed by atoms with Crippen molar-refractivity contribution in [1.82, 2.24) is 20.4 Å². The van der Waals surface area contributed by atoms with Gasteiger partial charge in [-0.15, -0.1) is 0 Å². The van der Waals surface area contributed by atoms with E-state index >= 15 is 0 Å². The molecule has 0 bridgehead atoms.